The quantitative estimate of drug-likeness (QED) is 0.730. The molecule has 2 aromatic rings. The lowest BCUT2D eigenvalue weighted by molar-refractivity contribution is 0.166. The van der Waals surface area contributed by atoms with Crippen molar-refractivity contribution in [2.24, 2.45) is 5.92 Å². The van der Waals surface area contributed by atoms with E-state index in [4.69, 9.17) is 21.1 Å². The van der Waals surface area contributed by atoms with Crippen molar-refractivity contribution in [1.29, 1.82) is 0 Å². The molecule has 1 aliphatic heterocycles. The minimum Gasteiger partial charge on any atom is -0.487 e. The summed E-state index contributed by atoms with van der Waals surface area (Å²) in [6.45, 7) is 3.59. The number of halogens is 1. The van der Waals surface area contributed by atoms with Crippen LogP contribution in [0.4, 0.5) is 0 Å². The Balaban J connectivity index is 1.64. The molecule has 1 fully saturated rings. The van der Waals surface area contributed by atoms with Gasteiger partial charge in [0.1, 0.15) is 17.8 Å². The fraction of sp³-hybridized carbons (Fsp3) is 0.333. The zero-order valence-corrected chi connectivity index (χ0v) is 14.1. The Morgan fingerprint density at radius 3 is 2.77 bits per heavy atom. The molecule has 4 heteroatoms. The van der Waals surface area contributed by atoms with E-state index in [1.807, 2.05) is 48.5 Å². The first kappa shape index (κ1) is 15.7. The molecular weight excluding hydrogens is 316 g/mol. The Morgan fingerprint density at radius 1 is 1.23 bits per heavy atom. The molecule has 0 aromatic heterocycles. The molecule has 2 aromatic carbocycles. The summed E-state index contributed by atoms with van der Waals surface area (Å²) in [7, 11) is 0. The van der Waals surface area contributed by atoms with Crippen LogP contribution in [-0.4, -0.2) is 12.0 Å². The fourth-order valence-electron chi connectivity index (χ4n) is 2.37. The number of thioether (sulfide) groups is 1. The molecule has 1 saturated heterocycles. The second-order valence-corrected chi connectivity index (χ2v) is 7.23. The largest absolute Gasteiger partial charge is 0.487 e. The Hall–Kier alpha value is -1.16. The summed E-state index contributed by atoms with van der Waals surface area (Å²) < 4.78 is 11.6. The normalized spacial score (nSPS) is 21.0. The SMILES string of the molecule is C[C@H]1COC(Sc2ccc(Cl)c(OCc3ccccc3)c2)C1. The highest BCUT2D eigenvalue weighted by Crippen LogP contribution is 2.36. The average molecular weight is 335 g/mol. The van der Waals surface area contributed by atoms with Gasteiger partial charge in [0.2, 0.25) is 0 Å². The lowest BCUT2D eigenvalue weighted by Crippen LogP contribution is -1.99. The summed E-state index contributed by atoms with van der Waals surface area (Å²) >= 11 is 7.98. The van der Waals surface area contributed by atoms with Crippen LogP contribution in [-0.2, 0) is 11.3 Å². The van der Waals surface area contributed by atoms with Crippen LogP contribution in [0.25, 0.3) is 0 Å². The van der Waals surface area contributed by atoms with Crippen molar-refractivity contribution in [2.75, 3.05) is 6.61 Å². The number of rotatable bonds is 5. The van der Waals surface area contributed by atoms with Crippen LogP contribution >= 0.6 is 23.4 Å². The Labute approximate surface area is 140 Å². The molecule has 1 aliphatic rings. The smallest absolute Gasteiger partial charge is 0.139 e. The van der Waals surface area contributed by atoms with Gasteiger partial charge in [-0.25, -0.2) is 0 Å². The van der Waals surface area contributed by atoms with E-state index >= 15 is 0 Å². The van der Waals surface area contributed by atoms with Crippen molar-refractivity contribution in [3.05, 3.63) is 59.1 Å². The van der Waals surface area contributed by atoms with E-state index in [1.54, 1.807) is 11.8 Å². The topological polar surface area (TPSA) is 18.5 Å². The maximum atomic E-state index is 6.24. The molecular formula is C18H19ClO2S. The van der Waals surface area contributed by atoms with Gasteiger partial charge >= 0.3 is 0 Å². The van der Waals surface area contributed by atoms with E-state index in [-0.39, 0.29) is 5.44 Å². The van der Waals surface area contributed by atoms with E-state index in [0.717, 1.165) is 29.2 Å². The molecule has 0 N–H and O–H groups in total. The van der Waals surface area contributed by atoms with Crippen molar-refractivity contribution >= 4 is 23.4 Å². The van der Waals surface area contributed by atoms with Crippen molar-refractivity contribution in [3.63, 3.8) is 0 Å². The Kier molecular flexibility index (Phi) is 5.29. The van der Waals surface area contributed by atoms with Crippen molar-refractivity contribution in [2.45, 2.75) is 30.3 Å². The number of benzene rings is 2. The lowest BCUT2D eigenvalue weighted by atomic mass is 10.2. The first-order valence-corrected chi connectivity index (χ1v) is 8.71. The van der Waals surface area contributed by atoms with Gasteiger partial charge in [0.05, 0.1) is 11.6 Å². The molecule has 0 amide bonds. The molecule has 0 bridgehead atoms. The highest BCUT2D eigenvalue weighted by molar-refractivity contribution is 7.99. The predicted molar refractivity (Wildman–Crippen MR) is 91.6 cm³/mol. The zero-order valence-electron chi connectivity index (χ0n) is 12.5. The third-order valence-electron chi connectivity index (χ3n) is 3.57. The van der Waals surface area contributed by atoms with Crippen molar-refractivity contribution in [3.8, 4) is 5.75 Å². The summed E-state index contributed by atoms with van der Waals surface area (Å²) in [5.41, 5.74) is 1.36. The molecule has 2 nitrogen and oxygen atoms in total. The monoisotopic (exact) mass is 334 g/mol. The Morgan fingerprint density at radius 2 is 2.05 bits per heavy atom. The zero-order chi connectivity index (χ0) is 15.4. The van der Waals surface area contributed by atoms with E-state index in [1.165, 1.54) is 0 Å². The van der Waals surface area contributed by atoms with Gasteiger partial charge < -0.3 is 9.47 Å². The van der Waals surface area contributed by atoms with Crippen LogP contribution < -0.4 is 4.74 Å². The predicted octanol–water partition coefficient (Wildman–Crippen LogP) is 5.39. The van der Waals surface area contributed by atoms with Crippen LogP contribution in [0.15, 0.2) is 53.4 Å². The number of ether oxygens (including phenoxy) is 2. The highest BCUT2D eigenvalue weighted by atomic mass is 35.5. The summed E-state index contributed by atoms with van der Waals surface area (Å²) in [5, 5.41) is 0.640. The van der Waals surface area contributed by atoms with Crippen molar-refractivity contribution < 1.29 is 9.47 Å². The van der Waals surface area contributed by atoms with Gasteiger partial charge in [0, 0.05) is 4.90 Å². The van der Waals surface area contributed by atoms with Crippen LogP contribution in [0.1, 0.15) is 18.9 Å². The summed E-state index contributed by atoms with van der Waals surface area (Å²) in [4.78, 5) is 1.13. The Bertz CT molecular complexity index is 618. The minimum absolute atomic E-state index is 0.234. The lowest BCUT2D eigenvalue weighted by Gasteiger charge is -2.12. The maximum Gasteiger partial charge on any atom is 0.139 e. The number of hydrogen-bond donors (Lipinski definition) is 0. The summed E-state index contributed by atoms with van der Waals surface area (Å²) in [6.07, 6.45) is 1.09. The first-order chi connectivity index (χ1) is 10.7. The molecule has 0 spiro atoms. The van der Waals surface area contributed by atoms with E-state index in [9.17, 15) is 0 Å². The van der Waals surface area contributed by atoms with Crippen LogP contribution in [0, 0.1) is 5.92 Å². The van der Waals surface area contributed by atoms with E-state index in [2.05, 4.69) is 6.92 Å². The third kappa shape index (κ3) is 4.19. The van der Waals surface area contributed by atoms with Gasteiger partial charge in [0.15, 0.2) is 0 Å². The summed E-state index contributed by atoms with van der Waals surface area (Å²) in [5.74, 6) is 1.36. The van der Waals surface area contributed by atoms with E-state index in [0.29, 0.717) is 17.5 Å². The van der Waals surface area contributed by atoms with Gasteiger partial charge in [-0.3, -0.25) is 0 Å². The van der Waals surface area contributed by atoms with E-state index < -0.39 is 0 Å². The molecule has 116 valence electrons. The molecule has 1 heterocycles. The van der Waals surface area contributed by atoms with Gasteiger partial charge in [-0.2, -0.15) is 0 Å². The summed E-state index contributed by atoms with van der Waals surface area (Å²) in [6, 6.07) is 16.0. The standard InChI is InChI=1S/C18H19ClO2S/c1-13-9-18(21-11-13)22-15-7-8-16(19)17(10-15)20-12-14-5-3-2-4-6-14/h2-8,10,13,18H,9,11-12H2,1H3/t13-,18?/m1/s1. The second-order valence-electron chi connectivity index (χ2n) is 5.59. The molecule has 3 rings (SSSR count). The third-order valence-corrected chi connectivity index (χ3v) is 5.00. The van der Waals surface area contributed by atoms with Gasteiger partial charge in [-0.05, 0) is 36.1 Å². The van der Waals surface area contributed by atoms with Crippen molar-refractivity contribution in [1.82, 2.24) is 0 Å². The molecule has 1 unspecified atom stereocenters. The molecule has 22 heavy (non-hydrogen) atoms. The first-order valence-electron chi connectivity index (χ1n) is 7.45. The van der Waals surface area contributed by atoms with Crippen LogP contribution in [0.5, 0.6) is 5.75 Å². The van der Waals surface area contributed by atoms with Gasteiger partial charge in [0.25, 0.3) is 0 Å². The maximum absolute atomic E-state index is 6.24. The molecule has 0 aliphatic carbocycles. The van der Waals surface area contributed by atoms with Crippen LogP contribution in [0.2, 0.25) is 5.02 Å². The van der Waals surface area contributed by atoms with Gasteiger partial charge in [-0.1, -0.05) is 60.6 Å². The van der Waals surface area contributed by atoms with Crippen LogP contribution in [0.3, 0.4) is 0 Å². The highest BCUT2D eigenvalue weighted by Gasteiger charge is 2.23. The minimum atomic E-state index is 0.234. The second kappa shape index (κ2) is 7.40. The van der Waals surface area contributed by atoms with Gasteiger partial charge in [-0.15, -0.1) is 0 Å². The molecule has 2 atom stereocenters. The molecule has 0 radical (unpaired) electrons. The average Bonchev–Trinajstić information content (AvgIpc) is 2.94. The molecule has 0 saturated carbocycles. The number of hydrogen-bond acceptors (Lipinski definition) is 3. The fourth-order valence-corrected chi connectivity index (χ4v) is 3.74.